The second kappa shape index (κ2) is 5.27. The van der Waals surface area contributed by atoms with Crippen LogP contribution in [0.3, 0.4) is 0 Å². The molecule has 1 N–H and O–H groups in total. The molecule has 0 amide bonds. The summed E-state index contributed by atoms with van der Waals surface area (Å²) in [5, 5.41) is 9.29. The van der Waals surface area contributed by atoms with E-state index in [0.29, 0.717) is 31.5 Å². The van der Waals surface area contributed by atoms with Crippen molar-refractivity contribution in [2.75, 3.05) is 13.1 Å². The van der Waals surface area contributed by atoms with Gasteiger partial charge in [0.15, 0.2) is 0 Å². The van der Waals surface area contributed by atoms with Crippen molar-refractivity contribution in [3.05, 3.63) is 35.6 Å². The van der Waals surface area contributed by atoms with E-state index in [1.54, 1.807) is 11.0 Å². The average Bonchev–Trinajstić information content (AvgIpc) is 2.32. The van der Waals surface area contributed by atoms with Crippen LogP contribution >= 0.6 is 0 Å². The summed E-state index contributed by atoms with van der Waals surface area (Å²) in [4.78, 5) is 24.2. The maximum absolute atomic E-state index is 13.2. The largest absolute Gasteiger partial charge is 0.480 e. The van der Waals surface area contributed by atoms with Gasteiger partial charge in [-0.3, -0.25) is 14.5 Å². The normalized spacial score (nSPS) is 18.6. The molecular formula is C13H14FNO3. The first-order chi connectivity index (χ1) is 8.58. The minimum Gasteiger partial charge on any atom is -0.480 e. The predicted molar refractivity (Wildman–Crippen MR) is 62.6 cm³/mol. The van der Waals surface area contributed by atoms with Crippen LogP contribution in [-0.4, -0.2) is 34.8 Å². The standard InChI is InChI=1S/C13H14FNO3/c14-10-3-1-2-9(8-10)12(13(17)18)15-6-4-11(16)5-7-15/h1-3,8,12H,4-7H2,(H,17,18). The zero-order chi connectivity index (χ0) is 13.1. The first kappa shape index (κ1) is 12.7. The van der Waals surface area contributed by atoms with Gasteiger partial charge < -0.3 is 5.11 Å². The molecule has 1 aromatic carbocycles. The molecular weight excluding hydrogens is 237 g/mol. The minimum atomic E-state index is -1.02. The van der Waals surface area contributed by atoms with E-state index in [2.05, 4.69) is 0 Å². The molecule has 0 aliphatic carbocycles. The Morgan fingerprint density at radius 2 is 2.00 bits per heavy atom. The Morgan fingerprint density at radius 1 is 1.33 bits per heavy atom. The van der Waals surface area contributed by atoms with E-state index >= 15 is 0 Å². The highest BCUT2D eigenvalue weighted by atomic mass is 19.1. The summed E-state index contributed by atoms with van der Waals surface area (Å²) in [6.45, 7) is 0.818. The second-order valence-electron chi connectivity index (χ2n) is 4.37. The van der Waals surface area contributed by atoms with Crippen LogP contribution in [0, 0.1) is 5.82 Å². The van der Waals surface area contributed by atoms with Gasteiger partial charge in [-0.05, 0) is 17.7 Å². The van der Waals surface area contributed by atoms with Gasteiger partial charge in [0.2, 0.25) is 0 Å². The molecule has 0 saturated carbocycles. The molecule has 2 rings (SSSR count). The molecule has 1 saturated heterocycles. The summed E-state index contributed by atoms with van der Waals surface area (Å²) < 4.78 is 13.2. The second-order valence-corrected chi connectivity index (χ2v) is 4.37. The lowest BCUT2D eigenvalue weighted by Crippen LogP contribution is -2.40. The molecule has 96 valence electrons. The summed E-state index contributed by atoms with van der Waals surface area (Å²) in [6, 6.07) is 4.72. The molecule has 0 spiro atoms. The number of carbonyl (C=O) groups excluding carboxylic acids is 1. The van der Waals surface area contributed by atoms with Crippen molar-refractivity contribution < 1.29 is 19.1 Å². The molecule has 1 heterocycles. The van der Waals surface area contributed by atoms with Crippen molar-refractivity contribution >= 4 is 11.8 Å². The molecule has 1 fully saturated rings. The fraction of sp³-hybridized carbons (Fsp3) is 0.385. The topological polar surface area (TPSA) is 57.6 Å². The van der Waals surface area contributed by atoms with Crippen LogP contribution < -0.4 is 0 Å². The number of likely N-dealkylation sites (tertiary alicyclic amines) is 1. The lowest BCUT2D eigenvalue weighted by atomic mass is 10.0. The first-order valence-corrected chi connectivity index (χ1v) is 5.82. The fourth-order valence-corrected chi connectivity index (χ4v) is 2.22. The van der Waals surface area contributed by atoms with Gasteiger partial charge in [0.1, 0.15) is 17.6 Å². The lowest BCUT2D eigenvalue weighted by molar-refractivity contribution is -0.145. The Kier molecular flexibility index (Phi) is 3.72. The molecule has 1 aliphatic rings. The molecule has 0 radical (unpaired) electrons. The number of carbonyl (C=O) groups is 2. The lowest BCUT2D eigenvalue weighted by Gasteiger charge is -2.31. The summed E-state index contributed by atoms with van der Waals surface area (Å²) in [7, 11) is 0. The number of hydrogen-bond donors (Lipinski definition) is 1. The van der Waals surface area contributed by atoms with Gasteiger partial charge in [0, 0.05) is 25.9 Å². The molecule has 5 heteroatoms. The van der Waals surface area contributed by atoms with Crippen LogP contribution in [-0.2, 0) is 9.59 Å². The smallest absolute Gasteiger partial charge is 0.325 e. The molecule has 4 nitrogen and oxygen atoms in total. The first-order valence-electron chi connectivity index (χ1n) is 5.82. The number of piperidine rings is 1. The van der Waals surface area contributed by atoms with Crippen molar-refractivity contribution in [2.24, 2.45) is 0 Å². The van der Waals surface area contributed by atoms with E-state index in [1.165, 1.54) is 18.2 Å². The number of hydrogen-bond acceptors (Lipinski definition) is 3. The maximum Gasteiger partial charge on any atom is 0.325 e. The van der Waals surface area contributed by atoms with Crippen molar-refractivity contribution in [1.29, 1.82) is 0 Å². The van der Waals surface area contributed by atoms with Crippen LogP contribution in [0.4, 0.5) is 4.39 Å². The third kappa shape index (κ3) is 2.73. The number of nitrogens with zero attached hydrogens (tertiary/aromatic N) is 1. The zero-order valence-electron chi connectivity index (χ0n) is 9.80. The number of Topliss-reactive ketones (excluding diaryl/α,β-unsaturated/α-hetero) is 1. The zero-order valence-corrected chi connectivity index (χ0v) is 9.80. The van der Waals surface area contributed by atoms with E-state index in [-0.39, 0.29) is 5.78 Å². The number of carboxylic acids is 1. The van der Waals surface area contributed by atoms with Gasteiger partial charge >= 0.3 is 5.97 Å². The van der Waals surface area contributed by atoms with Crippen molar-refractivity contribution in [3.63, 3.8) is 0 Å². The van der Waals surface area contributed by atoms with E-state index in [1.807, 2.05) is 0 Å². The SMILES string of the molecule is O=C1CCN(C(C(=O)O)c2cccc(F)c2)CC1. The monoisotopic (exact) mass is 251 g/mol. The molecule has 18 heavy (non-hydrogen) atoms. The Labute approximate surface area is 104 Å². The van der Waals surface area contributed by atoms with Gasteiger partial charge in [0.25, 0.3) is 0 Å². The highest BCUT2D eigenvalue weighted by molar-refractivity contribution is 5.80. The van der Waals surface area contributed by atoms with Gasteiger partial charge in [-0.25, -0.2) is 4.39 Å². The van der Waals surface area contributed by atoms with E-state index in [9.17, 15) is 19.1 Å². The summed E-state index contributed by atoms with van der Waals surface area (Å²) in [5.41, 5.74) is 0.414. The summed E-state index contributed by atoms with van der Waals surface area (Å²) >= 11 is 0. The number of halogens is 1. The van der Waals surface area contributed by atoms with Crippen LogP contribution in [0.2, 0.25) is 0 Å². The van der Waals surface area contributed by atoms with Gasteiger partial charge in [0.05, 0.1) is 0 Å². The van der Waals surface area contributed by atoms with Gasteiger partial charge in [-0.1, -0.05) is 12.1 Å². The highest BCUT2D eigenvalue weighted by Crippen LogP contribution is 2.24. The molecule has 1 unspecified atom stereocenters. The van der Waals surface area contributed by atoms with Crippen LogP contribution in [0.25, 0.3) is 0 Å². The third-order valence-corrected chi connectivity index (χ3v) is 3.12. The molecule has 1 aromatic rings. The maximum atomic E-state index is 13.2. The highest BCUT2D eigenvalue weighted by Gasteiger charge is 2.30. The van der Waals surface area contributed by atoms with Crippen LogP contribution in [0.5, 0.6) is 0 Å². The van der Waals surface area contributed by atoms with E-state index < -0.39 is 17.8 Å². The molecule has 1 aliphatic heterocycles. The van der Waals surface area contributed by atoms with Gasteiger partial charge in [-0.15, -0.1) is 0 Å². The van der Waals surface area contributed by atoms with Crippen LogP contribution in [0.1, 0.15) is 24.4 Å². The Balaban J connectivity index is 2.23. The van der Waals surface area contributed by atoms with Crippen LogP contribution in [0.15, 0.2) is 24.3 Å². The number of aliphatic carboxylic acids is 1. The van der Waals surface area contributed by atoms with Crippen molar-refractivity contribution in [3.8, 4) is 0 Å². The molecule has 0 aromatic heterocycles. The fourth-order valence-electron chi connectivity index (χ4n) is 2.22. The quantitative estimate of drug-likeness (QED) is 0.886. The minimum absolute atomic E-state index is 0.148. The van der Waals surface area contributed by atoms with Crippen molar-refractivity contribution in [1.82, 2.24) is 4.90 Å². The average molecular weight is 251 g/mol. The number of rotatable bonds is 3. The Hall–Kier alpha value is -1.75. The van der Waals surface area contributed by atoms with E-state index in [4.69, 9.17) is 0 Å². The summed E-state index contributed by atoms with van der Waals surface area (Å²) in [5.74, 6) is -1.32. The van der Waals surface area contributed by atoms with Gasteiger partial charge in [-0.2, -0.15) is 0 Å². The predicted octanol–water partition coefficient (Wildman–Crippen LogP) is 1.62. The van der Waals surface area contributed by atoms with Crippen molar-refractivity contribution in [2.45, 2.75) is 18.9 Å². The third-order valence-electron chi connectivity index (χ3n) is 3.12. The summed E-state index contributed by atoms with van der Waals surface area (Å²) in [6.07, 6.45) is 0.720. The Morgan fingerprint density at radius 3 is 2.56 bits per heavy atom. The Bertz CT molecular complexity index is 465. The number of ketones is 1. The van der Waals surface area contributed by atoms with E-state index in [0.717, 1.165) is 0 Å². The number of carboxylic acid groups (broad SMARTS) is 1. The number of benzene rings is 1. The molecule has 0 bridgehead atoms. The molecule has 1 atom stereocenters.